The van der Waals surface area contributed by atoms with Gasteiger partial charge in [-0.2, -0.15) is 0 Å². The summed E-state index contributed by atoms with van der Waals surface area (Å²) in [5.41, 5.74) is 1.01. The van der Waals surface area contributed by atoms with Gasteiger partial charge in [0.1, 0.15) is 28.5 Å². The van der Waals surface area contributed by atoms with Crippen LogP contribution in [0.5, 0.6) is 5.75 Å². The molecular weight excluding hydrogens is 378 g/mol. The number of hydrogen-bond donors (Lipinski definition) is 2. The van der Waals surface area contributed by atoms with Crippen molar-refractivity contribution in [1.29, 1.82) is 0 Å². The fraction of sp³-hybridized carbons (Fsp3) is 0. The predicted molar refractivity (Wildman–Crippen MR) is 104 cm³/mol. The minimum Gasteiger partial charge on any atom is -0.508 e. The van der Waals surface area contributed by atoms with E-state index in [-0.39, 0.29) is 22.6 Å². The van der Waals surface area contributed by atoms with Gasteiger partial charge in [0, 0.05) is 17.1 Å². The Labute approximate surface area is 163 Å². The molecule has 1 aromatic heterocycles. The lowest BCUT2D eigenvalue weighted by Gasteiger charge is -2.07. The zero-order valence-corrected chi connectivity index (χ0v) is 14.9. The number of amides is 1. The molecule has 0 atom stereocenters. The molecule has 0 saturated carbocycles. The second kappa shape index (κ2) is 7.55. The van der Waals surface area contributed by atoms with Gasteiger partial charge in [0.2, 0.25) is 5.55 Å². The zero-order valence-electron chi connectivity index (χ0n) is 14.9. The highest BCUT2D eigenvalue weighted by Gasteiger charge is 2.14. The highest BCUT2D eigenvalue weighted by Crippen LogP contribution is 2.21. The summed E-state index contributed by atoms with van der Waals surface area (Å²) in [6.07, 6.45) is 0. The van der Waals surface area contributed by atoms with Crippen molar-refractivity contribution in [2.75, 3.05) is 5.32 Å². The van der Waals surface area contributed by atoms with Crippen molar-refractivity contribution in [3.05, 3.63) is 95.5 Å². The highest BCUT2D eigenvalue weighted by molar-refractivity contribution is 6.05. The minimum atomic E-state index is -0.560. The number of nitrogens with one attached hydrogen (secondary N) is 1. The van der Waals surface area contributed by atoms with E-state index in [1.54, 1.807) is 18.2 Å². The summed E-state index contributed by atoms with van der Waals surface area (Å²) in [6.45, 7) is 0. The summed E-state index contributed by atoms with van der Waals surface area (Å²) in [4.78, 5) is 17.1. The molecule has 0 spiro atoms. The number of phenolic OH excluding ortho intramolecular Hbond substituents is 1. The SMILES string of the molecule is O=C(Nc1cccc(F)c1)c1cc2ccc(O)cc2oc1=Nc1ccc(F)cc1. The smallest absolute Gasteiger partial charge is 0.261 e. The van der Waals surface area contributed by atoms with Crippen LogP contribution in [0.1, 0.15) is 10.4 Å². The quantitative estimate of drug-likeness (QED) is 0.521. The normalized spacial score (nSPS) is 11.6. The maximum absolute atomic E-state index is 13.4. The number of anilines is 1. The van der Waals surface area contributed by atoms with Crippen molar-refractivity contribution in [3.63, 3.8) is 0 Å². The number of benzene rings is 3. The molecule has 0 unspecified atom stereocenters. The van der Waals surface area contributed by atoms with Gasteiger partial charge in [-0.05, 0) is 60.7 Å². The Kier molecular flexibility index (Phi) is 4.78. The average Bonchev–Trinajstić information content (AvgIpc) is 2.69. The Balaban J connectivity index is 1.85. The summed E-state index contributed by atoms with van der Waals surface area (Å²) in [5.74, 6) is -1.48. The van der Waals surface area contributed by atoms with Crippen molar-refractivity contribution in [1.82, 2.24) is 0 Å². The van der Waals surface area contributed by atoms with E-state index in [9.17, 15) is 18.7 Å². The van der Waals surface area contributed by atoms with Crippen molar-refractivity contribution in [2.45, 2.75) is 0 Å². The molecule has 29 heavy (non-hydrogen) atoms. The van der Waals surface area contributed by atoms with Crippen molar-refractivity contribution in [3.8, 4) is 5.75 Å². The van der Waals surface area contributed by atoms with Crippen LogP contribution >= 0.6 is 0 Å². The largest absolute Gasteiger partial charge is 0.508 e. The van der Waals surface area contributed by atoms with E-state index in [2.05, 4.69) is 10.3 Å². The maximum atomic E-state index is 13.4. The van der Waals surface area contributed by atoms with Crippen LogP contribution in [-0.2, 0) is 0 Å². The van der Waals surface area contributed by atoms with E-state index in [1.807, 2.05) is 0 Å². The van der Waals surface area contributed by atoms with Crippen molar-refractivity contribution in [2.24, 2.45) is 4.99 Å². The molecule has 1 amide bonds. The third-order valence-electron chi connectivity index (χ3n) is 4.12. The lowest BCUT2D eigenvalue weighted by atomic mass is 10.1. The van der Waals surface area contributed by atoms with Crippen LogP contribution < -0.4 is 10.9 Å². The Hall–Kier alpha value is -4.00. The van der Waals surface area contributed by atoms with E-state index in [4.69, 9.17) is 4.42 Å². The van der Waals surface area contributed by atoms with Gasteiger partial charge in [-0.25, -0.2) is 13.8 Å². The summed E-state index contributed by atoms with van der Waals surface area (Å²) >= 11 is 0. The molecule has 5 nitrogen and oxygen atoms in total. The molecule has 4 aromatic rings. The number of halogens is 2. The van der Waals surface area contributed by atoms with Gasteiger partial charge in [-0.3, -0.25) is 4.79 Å². The molecule has 1 heterocycles. The van der Waals surface area contributed by atoms with Gasteiger partial charge in [0.25, 0.3) is 5.91 Å². The van der Waals surface area contributed by atoms with E-state index in [1.165, 1.54) is 54.6 Å². The van der Waals surface area contributed by atoms with Gasteiger partial charge in [0.05, 0.1) is 5.69 Å². The molecular formula is C22H14F2N2O3. The monoisotopic (exact) mass is 392 g/mol. The molecule has 7 heteroatoms. The molecule has 0 fully saturated rings. The standard InChI is InChI=1S/C22H14F2N2O3/c23-14-5-7-16(8-6-14)26-22-19(10-13-4-9-18(27)12-20(13)29-22)21(28)25-17-3-1-2-15(24)11-17/h1-12,27H,(H,25,28). The number of rotatable bonds is 3. The predicted octanol–water partition coefficient (Wildman–Crippen LogP) is 4.90. The van der Waals surface area contributed by atoms with Gasteiger partial charge < -0.3 is 14.8 Å². The number of carbonyl (C=O) groups is 1. The number of hydrogen-bond acceptors (Lipinski definition) is 4. The number of carbonyl (C=O) groups excluding carboxylic acids is 1. The van der Waals surface area contributed by atoms with E-state index in [0.29, 0.717) is 16.7 Å². The second-order valence-electron chi connectivity index (χ2n) is 6.24. The fourth-order valence-corrected chi connectivity index (χ4v) is 2.75. The molecule has 0 aliphatic carbocycles. The highest BCUT2D eigenvalue weighted by atomic mass is 19.1. The molecule has 0 radical (unpaired) electrons. The van der Waals surface area contributed by atoms with Crippen LogP contribution in [0, 0.1) is 11.6 Å². The molecule has 144 valence electrons. The van der Waals surface area contributed by atoms with Gasteiger partial charge in [0.15, 0.2) is 0 Å². The molecule has 0 bridgehead atoms. The van der Waals surface area contributed by atoms with Crippen LogP contribution in [0.4, 0.5) is 20.2 Å². The number of fused-ring (bicyclic) bond motifs is 1. The van der Waals surface area contributed by atoms with E-state index < -0.39 is 17.5 Å². The van der Waals surface area contributed by atoms with E-state index in [0.717, 1.165) is 0 Å². The van der Waals surface area contributed by atoms with Gasteiger partial charge >= 0.3 is 0 Å². The molecule has 0 aliphatic rings. The fourth-order valence-electron chi connectivity index (χ4n) is 2.75. The lowest BCUT2D eigenvalue weighted by Crippen LogP contribution is -2.21. The Morgan fingerprint density at radius 1 is 0.931 bits per heavy atom. The molecule has 3 aromatic carbocycles. The summed E-state index contributed by atoms with van der Waals surface area (Å²) < 4.78 is 32.3. The Bertz CT molecular complexity index is 1280. The van der Waals surface area contributed by atoms with Gasteiger partial charge in [-0.15, -0.1) is 0 Å². The van der Waals surface area contributed by atoms with Crippen LogP contribution in [-0.4, -0.2) is 11.0 Å². The van der Waals surface area contributed by atoms with Crippen LogP contribution in [0.25, 0.3) is 11.0 Å². The first-order valence-corrected chi connectivity index (χ1v) is 8.62. The Morgan fingerprint density at radius 3 is 2.48 bits per heavy atom. The summed E-state index contributed by atoms with van der Waals surface area (Å²) in [7, 11) is 0. The summed E-state index contributed by atoms with van der Waals surface area (Å²) in [6, 6.07) is 16.8. The molecule has 0 aliphatic heterocycles. The second-order valence-corrected chi connectivity index (χ2v) is 6.24. The van der Waals surface area contributed by atoms with Crippen LogP contribution in [0.15, 0.2) is 82.2 Å². The number of nitrogens with zero attached hydrogens (tertiary/aromatic N) is 1. The van der Waals surface area contributed by atoms with Crippen molar-refractivity contribution >= 4 is 28.3 Å². The molecule has 2 N–H and O–H groups in total. The number of aromatic hydroxyl groups is 1. The van der Waals surface area contributed by atoms with Gasteiger partial charge in [-0.1, -0.05) is 6.07 Å². The first-order chi connectivity index (χ1) is 14.0. The number of phenols is 1. The third-order valence-corrected chi connectivity index (χ3v) is 4.12. The van der Waals surface area contributed by atoms with Crippen LogP contribution in [0.3, 0.4) is 0 Å². The minimum absolute atomic E-state index is 0.00838. The lowest BCUT2D eigenvalue weighted by molar-refractivity contribution is 0.102. The first-order valence-electron chi connectivity index (χ1n) is 8.62. The summed E-state index contributed by atoms with van der Waals surface area (Å²) in [5, 5.41) is 12.9. The van der Waals surface area contributed by atoms with Crippen LogP contribution in [0.2, 0.25) is 0 Å². The average molecular weight is 392 g/mol. The molecule has 4 rings (SSSR count). The Morgan fingerprint density at radius 2 is 1.72 bits per heavy atom. The molecule has 0 saturated heterocycles. The topological polar surface area (TPSA) is 74.8 Å². The van der Waals surface area contributed by atoms with Crippen molar-refractivity contribution < 1.29 is 23.1 Å². The first kappa shape index (κ1) is 18.4. The van der Waals surface area contributed by atoms with E-state index >= 15 is 0 Å². The zero-order chi connectivity index (χ0) is 20.4. The maximum Gasteiger partial charge on any atom is 0.261 e. The third kappa shape index (κ3) is 4.14.